The van der Waals surface area contributed by atoms with Gasteiger partial charge in [0.05, 0.1) is 0 Å². The Morgan fingerprint density at radius 3 is 2.42 bits per heavy atom. The fourth-order valence-corrected chi connectivity index (χ4v) is 3.33. The molecule has 19 heavy (non-hydrogen) atoms. The van der Waals surface area contributed by atoms with E-state index < -0.39 is 0 Å². The maximum atomic E-state index is 3.66. The Balaban J connectivity index is 2.09. The fourth-order valence-electron chi connectivity index (χ4n) is 3.33. The lowest BCUT2D eigenvalue weighted by molar-refractivity contribution is 0.151. The molecule has 2 rings (SSSR count). The van der Waals surface area contributed by atoms with Gasteiger partial charge in [-0.15, -0.1) is 0 Å². The van der Waals surface area contributed by atoms with Crippen LogP contribution in [0, 0.1) is 0 Å². The topological polar surface area (TPSA) is 15.3 Å². The third-order valence-corrected chi connectivity index (χ3v) is 4.61. The minimum Gasteiger partial charge on any atom is -0.309 e. The van der Waals surface area contributed by atoms with Crippen LogP contribution in [0.25, 0.3) is 0 Å². The van der Waals surface area contributed by atoms with Crippen molar-refractivity contribution < 1.29 is 0 Å². The number of hydrogen-bond donors (Lipinski definition) is 1. The van der Waals surface area contributed by atoms with E-state index >= 15 is 0 Å². The molecule has 0 aliphatic heterocycles. The third-order valence-electron chi connectivity index (χ3n) is 4.61. The van der Waals surface area contributed by atoms with E-state index in [9.17, 15) is 0 Å². The summed E-state index contributed by atoms with van der Waals surface area (Å²) in [6.45, 7) is 5.57. The molecule has 1 saturated carbocycles. The van der Waals surface area contributed by atoms with Gasteiger partial charge < -0.3 is 5.32 Å². The zero-order valence-corrected chi connectivity index (χ0v) is 12.6. The summed E-state index contributed by atoms with van der Waals surface area (Å²) in [7, 11) is 2.30. The Labute approximate surface area is 118 Å². The highest BCUT2D eigenvalue weighted by molar-refractivity contribution is 5.20. The number of hydrogen-bond acceptors (Lipinski definition) is 2. The predicted octanol–water partition coefficient (Wildman–Crippen LogP) is 3.60. The zero-order chi connectivity index (χ0) is 13.7. The molecule has 106 valence electrons. The lowest BCUT2D eigenvalue weighted by Crippen LogP contribution is -2.45. The van der Waals surface area contributed by atoms with Crippen molar-refractivity contribution in [1.82, 2.24) is 10.2 Å². The molecule has 0 spiro atoms. The van der Waals surface area contributed by atoms with E-state index in [1.54, 1.807) is 0 Å². The molecule has 2 heteroatoms. The summed E-state index contributed by atoms with van der Waals surface area (Å²) in [5.41, 5.74) is 1.40. The van der Waals surface area contributed by atoms with Crippen molar-refractivity contribution in [2.45, 2.75) is 57.7 Å². The van der Waals surface area contributed by atoms with Crippen LogP contribution in [0.15, 0.2) is 30.3 Å². The van der Waals surface area contributed by atoms with Crippen LogP contribution in [-0.4, -0.2) is 30.6 Å². The molecule has 1 aromatic rings. The van der Waals surface area contributed by atoms with Gasteiger partial charge in [-0.3, -0.25) is 4.90 Å². The maximum Gasteiger partial charge on any atom is 0.0475 e. The van der Waals surface area contributed by atoms with Crippen LogP contribution in [0.5, 0.6) is 0 Å². The van der Waals surface area contributed by atoms with Gasteiger partial charge in [-0.2, -0.15) is 0 Å². The average Bonchev–Trinajstić information content (AvgIpc) is 2.98. The number of rotatable bonds is 6. The Hall–Kier alpha value is -0.860. The van der Waals surface area contributed by atoms with Gasteiger partial charge in [0, 0.05) is 18.1 Å². The zero-order valence-electron chi connectivity index (χ0n) is 12.6. The van der Waals surface area contributed by atoms with E-state index in [1.165, 1.54) is 31.2 Å². The summed E-state index contributed by atoms with van der Waals surface area (Å²) in [5, 5.41) is 3.66. The first-order chi connectivity index (χ1) is 9.24. The van der Waals surface area contributed by atoms with E-state index in [4.69, 9.17) is 0 Å². The number of nitrogens with one attached hydrogen (secondary N) is 1. The Morgan fingerprint density at radius 1 is 1.21 bits per heavy atom. The first-order valence-corrected chi connectivity index (χ1v) is 7.74. The van der Waals surface area contributed by atoms with Crippen LogP contribution in [0.2, 0.25) is 0 Å². The van der Waals surface area contributed by atoms with Crippen LogP contribution in [0.1, 0.15) is 51.1 Å². The summed E-state index contributed by atoms with van der Waals surface area (Å²) in [6.07, 6.45) is 5.54. The van der Waals surface area contributed by atoms with Crippen LogP contribution in [-0.2, 0) is 0 Å². The van der Waals surface area contributed by atoms with Crippen LogP contribution < -0.4 is 5.32 Å². The molecule has 0 aromatic heterocycles. The number of likely N-dealkylation sites (N-methyl/N-ethyl adjacent to an activating group) is 2. The van der Waals surface area contributed by atoms with Crippen molar-refractivity contribution in [2.24, 2.45) is 0 Å². The molecule has 2 unspecified atom stereocenters. The summed E-state index contributed by atoms with van der Waals surface area (Å²) in [6, 6.07) is 12.6. The summed E-state index contributed by atoms with van der Waals surface area (Å²) in [4.78, 5) is 2.59. The molecule has 0 radical (unpaired) electrons. The second kappa shape index (κ2) is 7.06. The lowest BCUT2D eigenvalue weighted by atomic mass is 9.98. The largest absolute Gasteiger partial charge is 0.309 e. The summed E-state index contributed by atoms with van der Waals surface area (Å²) in [5.74, 6) is 0. The van der Waals surface area contributed by atoms with E-state index in [0.717, 1.165) is 12.6 Å². The van der Waals surface area contributed by atoms with E-state index in [0.29, 0.717) is 12.1 Å². The minimum absolute atomic E-state index is 0.428. The normalized spacial score (nSPS) is 19.8. The van der Waals surface area contributed by atoms with Crippen molar-refractivity contribution in [3.8, 4) is 0 Å². The third kappa shape index (κ3) is 3.58. The molecule has 1 N–H and O–H groups in total. The number of benzene rings is 1. The van der Waals surface area contributed by atoms with Gasteiger partial charge in [-0.1, -0.05) is 50.1 Å². The highest BCUT2D eigenvalue weighted by Crippen LogP contribution is 2.28. The molecule has 1 aromatic carbocycles. The molecule has 1 aliphatic rings. The highest BCUT2D eigenvalue weighted by atomic mass is 15.2. The van der Waals surface area contributed by atoms with Crippen LogP contribution in [0.3, 0.4) is 0 Å². The smallest absolute Gasteiger partial charge is 0.0475 e. The van der Waals surface area contributed by atoms with E-state index in [2.05, 4.69) is 61.4 Å². The van der Waals surface area contributed by atoms with Crippen LogP contribution >= 0.6 is 0 Å². The summed E-state index contributed by atoms with van der Waals surface area (Å²) >= 11 is 0. The lowest BCUT2D eigenvalue weighted by Gasteiger charge is -2.36. The molecule has 1 aliphatic carbocycles. The molecular formula is C17H28N2. The summed E-state index contributed by atoms with van der Waals surface area (Å²) < 4.78 is 0. The standard InChI is InChI=1S/C17H28N2/c1-4-18-17(15-10-6-5-7-11-15)14(2)19(3)16-12-8-9-13-16/h5-7,10-11,14,16-18H,4,8-9,12-13H2,1-3H3. The van der Waals surface area contributed by atoms with Crippen molar-refractivity contribution in [3.63, 3.8) is 0 Å². The Bertz CT molecular complexity index is 357. The second-order valence-corrected chi connectivity index (χ2v) is 5.79. The van der Waals surface area contributed by atoms with Crippen molar-refractivity contribution >= 4 is 0 Å². The fraction of sp³-hybridized carbons (Fsp3) is 0.647. The molecule has 0 amide bonds. The second-order valence-electron chi connectivity index (χ2n) is 5.79. The van der Waals surface area contributed by atoms with Gasteiger partial charge in [0.2, 0.25) is 0 Å². The van der Waals surface area contributed by atoms with Crippen molar-refractivity contribution in [2.75, 3.05) is 13.6 Å². The maximum absolute atomic E-state index is 3.66. The first-order valence-electron chi connectivity index (χ1n) is 7.74. The molecular weight excluding hydrogens is 232 g/mol. The monoisotopic (exact) mass is 260 g/mol. The van der Waals surface area contributed by atoms with Crippen molar-refractivity contribution in [1.29, 1.82) is 0 Å². The molecule has 0 bridgehead atoms. The van der Waals surface area contributed by atoms with Gasteiger partial charge in [0.25, 0.3) is 0 Å². The highest BCUT2D eigenvalue weighted by Gasteiger charge is 2.28. The predicted molar refractivity (Wildman–Crippen MR) is 82.3 cm³/mol. The van der Waals surface area contributed by atoms with Gasteiger partial charge in [0.15, 0.2) is 0 Å². The van der Waals surface area contributed by atoms with Gasteiger partial charge >= 0.3 is 0 Å². The van der Waals surface area contributed by atoms with Gasteiger partial charge in [0.1, 0.15) is 0 Å². The van der Waals surface area contributed by atoms with Gasteiger partial charge in [-0.05, 0) is 38.9 Å². The first kappa shape index (κ1) is 14.5. The Kier molecular flexibility index (Phi) is 5.41. The molecule has 0 heterocycles. The molecule has 0 saturated heterocycles. The van der Waals surface area contributed by atoms with E-state index in [1.807, 2.05) is 0 Å². The molecule has 1 fully saturated rings. The quantitative estimate of drug-likeness (QED) is 0.840. The molecule has 2 atom stereocenters. The number of nitrogens with zero attached hydrogens (tertiary/aromatic N) is 1. The Morgan fingerprint density at radius 2 is 1.84 bits per heavy atom. The van der Waals surface area contributed by atoms with Gasteiger partial charge in [-0.25, -0.2) is 0 Å². The minimum atomic E-state index is 0.428. The van der Waals surface area contributed by atoms with Crippen molar-refractivity contribution in [3.05, 3.63) is 35.9 Å². The average molecular weight is 260 g/mol. The SMILES string of the molecule is CCNC(c1ccccc1)C(C)N(C)C1CCCC1. The van der Waals surface area contributed by atoms with Crippen LogP contribution in [0.4, 0.5) is 0 Å². The molecule has 2 nitrogen and oxygen atoms in total. The van der Waals surface area contributed by atoms with E-state index in [-0.39, 0.29) is 0 Å².